The molecule has 0 radical (unpaired) electrons. The summed E-state index contributed by atoms with van der Waals surface area (Å²) in [5.74, 6) is 0.816. The quantitative estimate of drug-likeness (QED) is 0.730. The van der Waals surface area contributed by atoms with E-state index in [2.05, 4.69) is 26.3 Å². The number of nitrogens with one attached hydrogen (secondary N) is 3. The maximum atomic E-state index is 12.4. The van der Waals surface area contributed by atoms with Crippen molar-refractivity contribution in [1.82, 2.24) is 26.3 Å². The Morgan fingerprint density at radius 2 is 2.15 bits per heavy atom. The van der Waals surface area contributed by atoms with Crippen LogP contribution in [0, 0.1) is 0 Å². The van der Waals surface area contributed by atoms with E-state index in [0.29, 0.717) is 29.8 Å². The third kappa shape index (κ3) is 3.88. The largest absolute Gasteiger partial charge is 0.368 e. The fraction of sp³-hybridized carbons (Fsp3) is 0.471. The van der Waals surface area contributed by atoms with E-state index in [1.54, 1.807) is 0 Å². The van der Waals surface area contributed by atoms with Gasteiger partial charge >= 0.3 is 0 Å². The zero-order valence-corrected chi connectivity index (χ0v) is 14.8. The van der Waals surface area contributed by atoms with Crippen molar-refractivity contribution in [3.05, 3.63) is 46.6 Å². The predicted molar refractivity (Wildman–Crippen MR) is 92.9 cm³/mol. The van der Waals surface area contributed by atoms with Crippen LogP contribution in [-0.2, 0) is 16.1 Å². The Morgan fingerprint density at radius 3 is 2.92 bits per heavy atom. The summed E-state index contributed by atoms with van der Waals surface area (Å²) in [5.41, 5.74) is 7.25. The van der Waals surface area contributed by atoms with Gasteiger partial charge in [-0.05, 0) is 37.0 Å². The van der Waals surface area contributed by atoms with Crippen molar-refractivity contribution in [2.24, 2.45) is 0 Å². The monoisotopic (exact) mass is 377 g/mol. The third-order valence-electron chi connectivity index (χ3n) is 4.60. The summed E-state index contributed by atoms with van der Waals surface area (Å²) in [6, 6.07) is 7.31. The first-order valence-corrected chi connectivity index (χ1v) is 9.05. The predicted octanol–water partition coefficient (Wildman–Crippen LogP) is 1.80. The second-order valence-electron chi connectivity index (χ2n) is 6.45. The van der Waals surface area contributed by atoms with E-state index in [1.807, 2.05) is 24.3 Å². The molecular weight excluding hydrogens is 358 g/mol. The maximum absolute atomic E-state index is 12.4. The van der Waals surface area contributed by atoms with Gasteiger partial charge in [0.2, 0.25) is 5.91 Å². The minimum Gasteiger partial charge on any atom is -0.368 e. The summed E-state index contributed by atoms with van der Waals surface area (Å²) in [7, 11) is 0. The lowest BCUT2D eigenvalue weighted by molar-refractivity contribution is -0.123. The van der Waals surface area contributed by atoms with Crippen LogP contribution in [0.1, 0.15) is 48.7 Å². The molecule has 2 saturated heterocycles. The maximum Gasteiger partial charge on any atom is 0.255 e. The first kappa shape index (κ1) is 17.4. The number of carbonyl (C=O) groups is 1. The summed E-state index contributed by atoms with van der Waals surface area (Å²) < 4.78 is 10.7. The van der Waals surface area contributed by atoms with Crippen molar-refractivity contribution in [3.63, 3.8) is 0 Å². The zero-order valence-electron chi connectivity index (χ0n) is 14.1. The van der Waals surface area contributed by atoms with E-state index in [9.17, 15) is 4.79 Å². The Balaban J connectivity index is 1.28. The molecule has 3 unspecified atom stereocenters. The number of hydrogen-bond acceptors (Lipinski definition) is 7. The van der Waals surface area contributed by atoms with Gasteiger partial charge in [0, 0.05) is 17.7 Å². The topological polar surface area (TPSA) is 101 Å². The van der Waals surface area contributed by atoms with Gasteiger partial charge in [-0.3, -0.25) is 4.79 Å². The summed E-state index contributed by atoms with van der Waals surface area (Å²) in [4.78, 5) is 16.7. The molecule has 26 heavy (non-hydrogen) atoms. The van der Waals surface area contributed by atoms with E-state index < -0.39 is 0 Å². The van der Waals surface area contributed by atoms with Crippen LogP contribution in [0.4, 0.5) is 0 Å². The Kier molecular flexibility index (Phi) is 5.16. The second-order valence-corrected chi connectivity index (χ2v) is 6.89. The smallest absolute Gasteiger partial charge is 0.255 e. The van der Waals surface area contributed by atoms with Gasteiger partial charge < -0.3 is 14.6 Å². The van der Waals surface area contributed by atoms with Crippen molar-refractivity contribution >= 4 is 17.5 Å². The highest BCUT2D eigenvalue weighted by Gasteiger charge is 2.30. The van der Waals surface area contributed by atoms with E-state index in [4.69, 9.17) is 20.9 Å². The number of nitrogens with zero attached hydrogens (tertiary/aromatic N) is 2. The van der Waals surface area contributed by atoms with Gasteiger partial charge in [0.15, 0.2) is 5.82 Å². The van der Waals surface area contributed by atoms with Gasteiger partial charge in [0.1, 0.15) is 12.1 Å². The van der Waals surface area contributed by atoms with Crippen molar-refractivity contribution in [1.29, 1.82) is 0 Å². The minimum absolute atomic E-state index is 0.0549. The van der Waals surface area contributed by atoms with Gasteiger partial charge in [-0.1, -0.05) is 28.9 Å². The number of halogens is 1. The normalized spacial score (nSPS) is 25.5. The fourth-order valence-corrected chi connectivity index (χ4v) is 3.30. The Labute approximate surface area is 155 Å². The standard InChI is InChI=1S/C17H20ClN5O3/c18-11-5-3-10(4-6-11)12-8-13(22-21-12)16(24)19-9-15-20-17(26-23-15)14-2-1-7-25-14/h3-6,12-14,21-22H,1-2,7-9H2,(H,19,24). The molecule has 0 aliphatic carbocycles. The first-order valence-electron chi connectivity index (χ1n) is 8.67. The van der Waals surface area contributed by atoms with Crippen molar-refractivity contribution in [3.8, 4) is 0 Å². The van der Waals surface area contributed by atoms with Crippen LogP contribution in [0.25, 0.3) is 0 Å². The molecule has 2 aliphatic rings. The number of carbonyl (C=O) groups excluding carboxylic acids is 1. The molecule has 1 aromatic carbocycles. The van der Waals surface area contributed by atoms with E-state index in [-0.39, 0.29) is 30.6 Å². The molecule has 9 heteroatoms. The molecule has 3 heterocycles. The average molecular weight is 378 g/mol. The van der Waals surface area contributed by atoms with Crippen LogP contribution < -0.4 is 16.2 Å². The zero-order chi connectivity index (χ0) is 17.9. The lowest BCUT2D eigenvalue weighted by Crippen LogP contribution is -2.43. The number of hydrogen-bond donors (Lipinski definition) is 3. The Hall–Kier alpha value is -2.00. The molecule has 138 valence electrons. The molecule has 3 N–H and O–H groups in total. The molecule has 2 aliphatic heterocycles. The SMILES string of the molecule is O=C(NCc1noc(C2CCCO2)n1)C1CC(c2ccc(Cl)cc2)NN1. The summed E-state index contributed by atoms with van der Waals surface area (Å²) in [6.45, 7) is 0.938. The highest BCUT2D eigenvalue weighted by molar-refractivity contribution is 6.30. The van der Waals surface area contributed by atoms with Gasteiger partial charge in [-0.25, -0.2) is 10.9 Å². The molecule has 8 nitrogen and oxygen atoms in total. The summed E-state index contributed by atoms with van der Waals surface area (Å²) in [5, 5.41) is 7.43. The number of aromatic nitrogens is 2. The van der Waals surface area contributed by atoms with Crippen LogP contribution in [0.3, 0.4) is 0 Å². The fourth-order valence-electron chi connectivity index (χ4n) is 3.17. The molecule has 2 fully saturated rings. The molecular formula is C17H20ClN5O3. The Bertz CT molecular complexity index is 760. The number of benzene rings is 1. The molecule has 0 bridgehead atoms. The van der Waals surface area contributed by atoms with E-state index in [1.165, 1.54) is 0 Å². The lowest BCUT2D eigenvalue weighted by atomic mass is 10.0. The minimum atomic E-state index is -0.333. The third-order valence-corrected chi connectivity index (χ3v) is 4.85. The molecule has 2 aromatic rings. The van der Waals surface area contributed by atoms with Gasteiger partial charge in [-0.15, -0.1) is 0 Å². The molecule has 1 amide bonds. The van der Waals surface area contributed by atoms with E-state index >= 15 is 0 Å². The summed E-state index contributed by atoms with van der Waals surface area (Å²) in [6.07, 6.45) is 2.40. The number of hydrazine groups is 1. The van der Waals surface area contributed by atoms with Crippen molar-refractivity contribution in [2.75, 3.05) is 6.61 Å². The lowest BCUT2D eigenvalue weighted by Gasteiger charge is -2.10. The van der Waals surface area contributed by atoms with Crippen molar-refractivity contribution < 1.29 is 14.1 Å². The molecule has 4 rings (SSSR count). The van der Waals surface area contributed by atoms with Crippen LogP contribution >= 0.6 is 11.6 Å². The van der Waals surface area contributed by atoms with Gasteiger partial charge in [-0.2, -0.15) is 4.98 Å². The first-order chi connectivity index (χ1) is 12.7. The average Bonchev–Trinajstić information content (AvgIpc) is 3.41. The van der Waals surface area contributed by atoms with Crippen LogP contribution in [0.2, 0.25) is 5.02 Å². The summed E-state index contributed by atoms with van der Waals surface area (Å²) >= 11 is 5.91. The van der Waals surface area contributed by atoms with Gasteiger partial charge in [0.25, 0.3) is 5.89 Å². The van der Waals surface area contributed by atoms with E-state index in [0.717, 1.165) is 18.4 Å². The molecule has 0 saturated carbocycles. The highest BCUT2D eigenvalue weighted by Crippen LogP contribution is 2.27. The van der Waals surface area contributed by atoms with Crippen molar-refractivity contribution in [2.45, 2.75) is 44.0 Å². The number of rotatable bonds is 5. The van der Waals surface area contributed by atoms with Crippen LogP contribution in [0.15, 0.2) is 28.8 Å². The second kappa shape index (κ2) is 7.71. The van der Waals surface area contributed by atoms with Crippen LogP contribution in [0.5, 0.6) is 0 Å². The highest BCUT2D eigenvalue weighted by atomic mass is 35.5. The van der Waals surface area contributed by atoms with Gasteiger partial charge in [0.05, 0.1) is 6.54 Å². The molecule has 0 spiro atoms. The van der Waals surface area contributed by atoms with Crippen LogP contribution in [-0.4, -0.2) is 28.7 Å². The molecule has 1 aromatic heterocycles. The molecule has 3 atom stereocenters. The Morgan fingerprint density at radius 1 is 1.31 bits per heavy atom. The number of ether oxygens (including phenoxy) is 1. The number of amides is 1.